The van der Waals surface area contributed by atoms with Gasteiger partial charge in [0, 0.05) is 6.42 Å². The minimum absolute atomic E-state index is 0.0157. The molecule has 0 saturated heterocycles. The number of carbonyl (C=O) groups is 2. The van der Waals surface area contributed by atoms with Crippen molar-refractivity contribution in [2.45, 2.75) is 72.3 Å². The Morgan fingerprint density at radius 2 is 1.94 bits per heavy atom. The van der Waals surface area contributed by atoms with Gasteiger partial charge < -0.3 is 9.53 Å². The van der Waals surface area contributed by atoms with E-state index in [9.17, 15) is 9.59 Å². The maximum absolute atomic E-state index is 11.7. The molecule has 0 spiro atoms. The van der Waals surface area contributed by atoms with Crippen molar-refractivity contribution < 1.29 is 14.3 Å². The van der Waals surface area contributed by atoms with E-state index in [1.165, 1.54) is 19.8 Å². The predicted molar refractivity (Wildman–Crippen MR) is 71.2 cm³/mol. The van der Waals surface area contributed by atoms with E-state index in [1.807, 2.05) is 0 Å². The number of hydrogen-bond acceptors (Lipinski definition) is 3. The standard InChI is InChI=1S/C15H26O3/c1-11-6-5-9-15(3,4)10-13(11)18-14(17)8-7-12(2)16/h11,13H,5-10H2,1-4H3. The van der Waals surface area contributed by atoms with Crippen molar-refractivity contribution in [1.29, 1.82) is 0 Å². The zero-order valence-corrected chi connectivity index (χ0v) is 12.1. The second-order valence-electron chi connectivity index (χ2n) is 6.47. The molecule has 0 aliphatic heterocycles. The number of hydrogen-bond donors (Lipinski definition) is 0. The average Bonchev–Trinajstić information content (AvgIpc) is 2.35. The third kappa shape index (κ3) is 5.19. The lowest BCUT2D eigenvalue weighted by atomic mass is 9.83. The van der Waals surface area contributed by atoms with Crippen LogP contribution in [0.1, 0.15) is 66.2 Å². The monoisotopic (exact) mass is 254 g/mol. The number of rotatable bonds is 4. The number of ketones is 1. The van der Waals surface area contributed by atoms with Gasteiger partial charge in [0.2, 0.25) is 0 Å². The lowest BCUT2D eigenvalue weighted by Crippen LogP contribution is -2.28. The van der Waals surface area contributed by atoms with Crippen LogP contribution in [0.5, 0.6) is 0 Å². The van der Waals surface area contributed by atoms with Crippen LogP contribution in [0.2, 0.25) is 0 Å². The van der Waals surface area contributed by atoms with Crippen molar-refractivity contribution in [1.82, 2.24) is 0 Å². The van der Waals surface area contributed by atoms with Crippen LogP contribution in [-0.4, -0.2) is 17.9 Å². The first-order chi connectivity index (χ1) is 8.30. The SMILES string of the molecule is CC(=O)CCC(=O)OC1CC(C)(C)CCCC1C. The first-order valence-corrected chi connectivity index (χ1v) is 6.99. The highest BCUT2D eigenvalue weighted by Crippen LogP contribution is 2.37. The van der Waals surface area contributed by atoms with E-state index in [1.54, 1.807) is 0 Å². The Hall–Kier alpha value is -0.860. The van der Waals surface area contributed by atoms with Crippen molar-refractivity contribution in [3.63, 3.8) is 0 Å². The van der Waals surface area contributed by atoms with Crippen molar-refractivity contribution in [3.05, 3.63) is 0 Å². The van der Waals surface area contributed by atoms with Crippen molar-refractivity contribution in [2.75, 3.05) is 0 Å². The molecular formula is C15H26O3. The summed E-state index contributed by atoms with van der Waals surface area (Å²) < 4.78 is 5.58. The van der Waals surface area contributed by atoms with Gasteiger partial charge in [-0.05, 0) is 37.5 Å². The van der Waals surface area contributed by atoms with Gasteiger partial charge in [0.15, 0.2) is 0 Å². The van der Waals surface area contributed by atoms with Crippen LogP contribution in [0.25, 0.3) is 0 Å². The molecule has 0 heterocycles. The zero-order valence-electron chi connectivity index (χ0n) is 12.1. The van der Waals surface area contributed by atoms with Gasteiger partial charge >= 0.3 is 5.97 Å². The molecular weight excluding hydrogens is 228 g/mol. The molecule has 18 heavy (non-hydrogen) atoms. The molecule has 0 aromatic heterocycles. The minimum atomic E-state index is -0.222. The van der Waals surface area contributed by atoms with E-state index >= 15 is 0 Å². The third-order valence-corrected chi connectivity index (χ3v) is 3.87. The van der Waals surface area contributed by atoms with Crippen LogP contribution < -0.4 is 0 Å². The van der Waals surface area contributed by atoms with E-state index in [0.29, 0.717) is 12.3 Å². The molecule has 1 saturated carbocycles. The molecule has 0 aromatic carbocycles. The van der Waals surface area contributed by atoms with Gasteiger partial charge in [-0.3, -0.25) is 4.79 Å². The van der Waals surface area contributed by atoms with Gasteiger partial charge in [0.05, 0.1) is 6.42 Å². The fraction of sp³-hybridized carbons (Fsp3) is 0.867. The second-order valence-corrected chi connectivity index (χ2v) is 6.47. The fourth-order valence-electron chi connectivity index (χ4n) is 2.60. The summed E-state index contributed by atoms with van der Waals surface area (Å²) in [5.74, 6) is 0.244. The summed E-state index contributed by atoms with van der Waals surface area (Å²) in [5, 5.41) is 0. The van der Waals surface area contributed by atoms with Crippen molar-refractivity contribution >= 4 is 11.8 Å². The van der Waals surface area contributed by atoms with Gasteiger partial charge in [0.25, 0.3) is 0 Å². The van der Waals surface area contributed by atoms with Gasteiger partial charge in [0.1, 0.15) is 11.9 Å². The second kappa shape index (κ2) is 6.35. The maximum Gasteiger partial charge on any atom is 0.306 e. The number of Topliss-reactive ketones (excluding diaryl/α,β-unsaturated/α-hetero) is 1. The van der Waals surface area contributed by atoms with Crippen molar-refractivity contribution in [3.8, 4) is 0 Å². The van der Waals surface area contributed by atoms with E-state index < -0.39 is 0 Å². The Balaban J connectivity index is 2.51. The van der Waals surface area contributed by atoms with Crippen LogP contribution in [0.4, 0.5) is 0 Å². The largest absolute Gasteiger partial charge is 0.462 e. The minimum Gasteiger partial charge on any atom is -0.462 e. The van der Waals surface area contributed by atoms with Crippen LogP contribution in [-0.2, 0) is 14.3 Å². The van der Waals surface area contributed by atoms with E-state index in [-0.39, 0.29) is 29.7 Å². The Bertz CT molecular complexity index is 307. The smallest absolute Gasteiger partial charge is 0.306 e. The number of ether oxygens (including phenoxy) is 1. The Kier molecular flexibility index (Phi) is 5.36. The summed E-state index contributed by atoms with van der Waals surface area (Å²) in [7, 11) is 0. The molecule has 2 unspecified atom stereocenters. The fourth-order valence-corrected chi connectivity index (χ4v) is 2.60. The lowest BCUT2D eigenvalue weighted by Gasteiger charge is -2.28. The van der Waals surface area contributed by atoms with Gasteiger partial charge in [-0.25, -0.2) is 0 Å². The predicted octanol–water partition coefficient (Wildman–Crippen LogP) is 3.50. The van der Waals surface area contributed by atoms with E-state index in [4.69, 9.17) is 4.74 Å². The number of esters is 1. The van der Waals surface area contributed by atoms with Gasteiger partial charge in [-0.1, -0.05) is 27.2 Å². The molecule has 104 valence electrons. The molecule has 0 radical (unpaired) electrons. The van der Waals surface area contributed by atoms with Gasteiger partial charge in [-0.2, -0.15) is 0 Å². The summed E-state index contributed by atoms with van der Waals surface area (Å²) in [6.07, 6.45) is 4.98. The topological polar surface area (TPSA) is 43.4 Å². The Morgan fingerprint density at radius 3 is 2.56 bits per heavy atom. The molecule has 3 heteroatoms. The van der Waals surface area contributed by atoms with E-state index in [2.05, 4.69) is 20.8 Å². The highest BCUT2D eigenvalue weighted by molar-refractivity contribution is 5.81. The van der Waals surface area contributed by atoms with Crippen LogP contribution >= 0.6 is 0 Å². The summed E-state index contributed by atoms with van der Waals surface area (Å²) in [4.78, 5) is 22.6. The lowest BCUT2D eigenvalue weighted by molar-refractivity contribution is -0.153. The zero-order chi connectivity index (χ0) is 13.8. The molecule has 1 aliphatic rings. The average molecular weight is 254 g/mol. The Morgan fingerprint density at radius 1 is 1.28 bits per heavy atom. The highest BCUT2D eigenvalue weighted by atomic mass is 16.5. The molecule has 1 aliphatic carbocycles. The molecule has 0 aromatic rings. The molecule has 0 amide bonds. The molecule has 3 nitrogen and oxygen atoms in total. The van der Waals surface area contributed by atoms with Crippen LogP contribution in [0.3, 0.4) is 0 Å². The highest BCUT2D eigenvalue weighted by Gasteiger charge is 2.32. The van der Waals surface area contributed by atoms with E-state index in [0.717, 1.165) is 12.8 Å². The molecule has 1 fully saturated rings. The summed E-state index contributed by atoms with van der Waals surface area (Å²) >= 11 is 0. The van der Waals surface area contributed by atoms with Gasteiger partial charge in [-0.15, -0.1) is 0 Å². The molecule has 1 rings (SSSR count). The maximum atomic E-state index is 11.7. The summed E-state index contributed by atoms with van der Waals surface area (Å²) in [5.41, 5.74) is 0.246. The normalized spacial score (nSPS) is 27.3. The van der Waals surface area contributed by atoms with Crippen LogP contribution in [0, 0.1) is 11.3 Å². The summed E-state index contributed by atoms with van der Waals surface area (Å²) in [6, 6.07) is 0. The molecule has 0 bridgehead atoms. The Labute approximate surface area is 110 Å². The van der Waals surface area contributed by atoms with Crippen LogP contribution in [0.15, 0.2) is 0 Å². The quantitative estimate of drug-likeness (QED) is 0.569. The summed E-state index contributed by atoms with van der Waals surface area (Å²) in [6.45, 7) is 8.14. The third-order valence-electron chi connectivity index (χ3n) is 3.87. The molecule has 2 atom stereocenters. The first kappa shape index (κ1) is 15.2. The molecule has 0 N–H and O–H groups in total. The number of carbonyl (C=O) groups excluding carboxylic acids is 2. The van der Waals surface area contributed by atoms with Crippen molar-refractivity contribution in [2.24, 2.45) is 11.3 Å². The first-order valence-electron chi connectivity index (χ1n) is 6.99.